The average Bonchev–Trinajstić information content (AvgIpc) is 2.95. The molecular weight excluding hydrogens is 244 g/mol. The quantitative estimate of drug-likeness (QED) is 0.805. The lowest BCUT2D eigenvalue weighted by Crippen LogP contribution is -2.51. The van der Waals surface area contributed by atoms with Crippen molar-refractivity contribution in [2.75, 3.05) is 26.2 Å². The zero-order valence-corrected chi connectivity index (χ0v) is 11.0. The summed E-state index contributed by atoms with van der Waals surface area (Å²) in [6.07, 6.45) is 3.99. The van der Waals surface area contributed by atoms with Gasteiger partial charge in [-0.25, -0.2) is 0 Å². The van der Waals surface area contributed by atoms with E-state index in [0.717, 1.165) is 6.42 Å². The van der Waals surface area contributed by atoms with Crippen LogP contribution in [0.5, 0.6) is 0 Å². The molecule has 1 aliphatic carbocycles. The summed E-state index contributed by atoms with van der Waals surface area (Å²) >= 11 is 0. The van der Waals surface area contributed by atoms with Gasteiger partial charge in [0.2, 0.25) is 5.91 Å². The first-order valence-electron chi connectivity index (χ1n) is 6.77. The summed E-state index contributed by atoms with van der Waals surface area (Å²) in [5.74, 6) is 1.03. The molecule has 2 fully saturated rings. The Labute approximate surface area is 112 Å². The van der Waals surface area contributed by atoms with Crippen LogP contribution in [0.4, 0.5) is 0 Å². The van der Waals surface area contributed by atoms with Gasteiger partial charge in [-0.3, -0.25) is 9.59 Å². The first-order chi connectivity index (χ1) is 9.16. The van der Waals surface area contributed by atoms with E-state index in [4.69, 9.17) is 4.42 Å². The van der Waals surface area contributed by atoms with Crippen LogP contribution in [0, 0.1) is 11.8 Å². The van der Waals surface area contributed by atoms with Crippen LogP contribution in [0.2, 0.25) is 0 Å². The summed E-state index contributed by atoms with van der Waals surface area (Å²) in [7, 11) is 0. The molecule has 102 valence electrons. The predicted molar refractivity (Wildman–Crippen MR) is 68.5 cm³/mol. The number of nitrogens with zero attached hydrogens (tertiary/aromatic N) is 2. The monoisotopic (exact) mass is 262 g/mol. The van der Waals surface area contributed by atoms with Crippen LogP contribution < -0.4 is 0 Å². The van der Waals surface area contributed by atoms with E-state index in [2.05, 4.69) is 6.92 Å². The number of furan rings is 1. The van der Waals surface area contributed by atoms with Crippen molar-refractivity contribution in [1.29, 1.82) is 0 Å². The molecule has 1 saturated carbocycles. The summed E-state index contributed by atoms with van der Waals surface area (Å²) < 4.78 is 4.93. The van der Waals surface area contributed by atoms with Crippen molar-refractivity contribution in [2.24, 2.45) is 11.8 Å². The zero-order chi connectivity index (χ0) is 13.4. The highest BCUT2D eigenvalue weighted by molar-refractivity contribution is 5.94. The van der Waals surface area contributed by atoms with Gasteiger partial charge in [0.15, 0.2) is 0 Å². The SMILES string of the molecule is CC1CC1C(=O)N1CCN(C(=O)c2ccoc2)CC1. The molecule has 0 bridgehead atoms. The van der Waals surface area contributed by atoms with E-state index in [9.17, 15) is 9.59 Å². The zero-order valence-electron chi connectivity index (χ0n) is 11.0. The number of piperazine rings is 1. The average molecular weight is 262 g/mol. The maximum atomic E-state index is 12.1. The Morgan fingerprint density at radius 1 is 1.21 bits per heavy atom. The minimum absolute atomic E-state index is 0.0133. The molecule has 2 heterocycles. The van der Waals surface area contributed by atoms with Crippen LogP contribution in [0.1, 0.15) is 23.7 Å². The summed E-state index contributed by atoms with van der Waals surface area (Å²) in [6.45, 7) is 4.62. The maximum Gasteiger partial charge on any atom is 0.257 e. The normalized spacial score (nSPS) is 26.4. The lowest BCUT2D eigenvalue weighted by Gasteiger charge is -2.34. The third-order valence-corrected chi connectivity index (χ3v) is 4.07. The molecule has 1 aromatic rings. The van der Waals surface area contributed by atoms with Crippen LogP contribution in [-0.4, -0.2) is 47.8 Å². The Morgan fingerprint density at radius 2 is 1.84 bits per heavy atom. The van der Waals surface area contributed by atoms with Crippen LogP contribution in [0.25, 0.3) is 0 Å². The van der Waals surface area contributed by atoms with Crippen molar-refractivity contribution in [3.63, 3.8) is 0 Å². The van der Waals surface area contributed by atoms with Gasteiger partial charge >= 0.3 is 0 Å². The fourth-order valence-corrected chi connectivity index (χ4v) is 2.60. The molecule has 2 aliphatic rings. The van der Waals surface area contributed by atoms with Gasteiger partial charge in [0.05, 0.1) is 11.8 Å². The molecule has 1 saturated heterocycles. The minimum atomic E-state index is -0.0133. The molecule has 1 aliphatic heterocycles. The van der Waals surface area contributed by atoms with E-state index >= 15 is 0 Å². The Balaban J connectivity index is 1.55. The Bertz CT molecular complexity index is 475. The Morgan fingerprint density at radius 3 is 2.37 bits per heavy atom. The molecule has 5 nitrogen and oxygen atoms in total. The number of hydrogen-bond acceptors (Lipinski definition) is 3. The lowest BCUT2D eigenvalue weighted by atomic mass is 10.2. The van der Waals surface area contributed by atoms with Gasteiger partial charge < -0.3 is 14.2 Å². The highest BCUT2D eigenvalue weighted by Gasteiger charge is 2.42. The molecule has 2 unspecified atom stereocenters. The second-order valence-electron chi connectivity index (χ2n) is 5.45. The molecule has 0 N–H and O–H groups in total. The Hall–Kier alpha value is -1.78. The molecule has 1 aromatic heterocycles. The first-order valence-corrected chi connectivity index (χ1v) is 6.77. The van der Waals surface area contributed by atoms with Crippen LogP contribution in [-0.2, 0) is 4.79 Å². The second-order valence-corrected chi connectivity index (χ2v) is 5.45. The number of amides is 2. The van der Waals surface area contributed by atoms with Gasteiger partial charge in [0.25, 0.3) is 5.91 Å². The van der Waals surface area contributed by atoms with Crippen molar-refractivity contribution in [3.8, 4) is 0 Å². The lowest BCUT2D eigenvalue weighted by molar-refractivity contribution is -0.134. The Kier molecular flexibility index (Phi) is 3.05. The maximum absolute atomic E-state index is 12.1. The smallest absolute Gasteiger partial charge is 0.257 e. The number of carbonyl (C=O) groups is 2. The predicted octanol–water partition coefficient (Wildman–Crippen LogP) is 1.22. The van der Waals surface area contributed by atoms with Crippen molar-refractivity contribution < 1.29 is 14.0 Å². The van der Waals surface area contributed by atoms with Crippen LogP contribution in [0.15, 0.2) is 23.0 Å². The van der Waals surface area contributed by atoms with Crippen LogP contribution in [0.3, 0.4) is 0 Å². The molecule has 19 heavy (non-hydrogen) atoms. The van der Waals surface area contributed by atoms with Crippen molar-refractivity contribution >= 4 is 11.8 Å². The van der Waals surface area contributed by atoms with E-state index in [1.165, 1.54) is 12.5 Å². The highest BCUT2D eigenvalue weighted by Crippen LogP contribution is 2.39. The summed E-state index contributed by atoms with van der Waals surface area (Å²) in [5.41, 5.74) is 0.579. The number of hydrogen-bond donors (Lipinski definition) is 0. The molecule has 2 atom stereocenters. The number of rotatable bonds is 2. The third-order valence-electron chi connectivity index (χ3n) is 4.07. The van der Waals surface area contributed by atoms with Gasteiger partial charge in [-0.15, -0.1) is 0 Å². The van der Waals surface area contributed by atoms with Crippen LogP contribution >= 0.6 is 0 Å². The minimum Gasteiger partial charge on any atom is -0.472 e. The van der Waals surface area contributed by atoms with Crippen molar-refractivity contribution in [1.82, 2.24) is 9.80 Å². The fraction of sp³-hybridized carbons (Fsp3) is 0.571. The molecule has 5 heteroatoms. The van der Waals surface area contributed by atoms with E-state index < -0.39 is 0 Å². The standard InChI is InChI=1S/C14H18N2O3/c1-10-8-12(10)14(18)16-5-3-15(4-6-16)13(17)11-2-7-19-9-11/h2,7,9-10,12H,3-6,8H2,1H3. The van der Waals surface area contributed by atoms with E-state index in [-0.39, 0.29) is 17.7 Å². The van der Waals surface area contributed by atoms with Crippen molar-refractivity contribution in [2.45, 2.75) is 13.3 Å². The first kappa shape index (κ1) is 12.3. The number of carbonyl (C=O) groups excluding carboxylic acids is 2. The summed E-state index contributed by atoms with van der Waals surface area (Å²) in [5, 5.41) is 0. The topological polar surface area (TPSA) is 53.8 Å². The van der Waals surface area contributed by atoms with Gasteiger partial charge in [0.1, 0.15) is 6.26 Å². The fourth-order valence-electron chi connectivity index (χ4n) is 2.60. The van der Waals surface area contributed by atoms with Gasteiger partial charge in [0, 0.05) is 32.1 Å². The van der Waals surface area contributed by atoms with Crippen molar-refractivity contribution in [3.05, 3.63) is 24.2 Å². The molecular formula is C14H18N2O3. The van der Waals surface area contributed by atoms with Gasteiger partial charge in [-0.05, 0) is 18.4 Å². The molecule has 3 rings (SSSR count). The summed E-state index contributed by atoms with van der Waals surface area (Å²) in [4.78, 5) is 27.9. The third kappa shape index (κ3) is 2.37. The largest absolute Gasteiger partial charge is 0.472 e. The highest BCUT2D eigenvalue weighted by atomic mass is 16.3. The molecule has 0 spiro atoms. The molecule has 0 aromatic carbocycles. The van der Waals surface area contributed by atoms with Gasteiger partial charge in [-0.2, -0.15) is 0 Å². The molecule has 2 amide bonds. The van der Waals surface area contributed by atoms with Gasteiger partial charge in [-0.1, -0.05) is 6.92 Å². The summed E-state index contributed by atoms with van der Waals surface area (Å²) in [6, 6.07) is 1.67. The second kappa shape index (κ2) is 4.72. The van der Waals surface area contributed by atoms with E-state index in [0.29, 0.717) is 37.7 Å². The van der Waals surface area contributed by atoms with E-state index in [1.54, 1.807) is 11.0 Å². The van der Waals surface area contributed by atoms with E-state index in [1.807, 2.05) is 4.90 Å². The molecule has 0 radical (unpaired) electrons.